The highest BCUT2D eigenvalue weighted by molar-refractivity contribution is 5.95. The number of likely N-dealkylation sites (tertiary alicyclic amines) is 2. The third-order valence-electron chi connectivity index (χ3n) is 10.1. The Balaban J connectivity index is 1.47. The summed E-state index contributed by atoms with van der Waals surface area (Å²) in [6.45, 7) is 8.39. The first-order valence-electron chi connectivity index (χ1n) is 18.4. The molecule has 2 heterocycles. The number of hydrogen-bond acceptors (Lipinski definition) is 7. The number of amides is 5. The number of rotatable bonds is 17. The van der Waals surface area contributed by atoms with Gasteiger partial charge in [-0.25, -0.2) is 0 Å². The second-order valence-corrected chi connectivity index (χ2v) is 14.8. The van der Waals surface area contributed by atoms with Crippen LogP contribution in [0.15, 0.2) is 60.7 Å². The minimum Gasteiger partial charge on any atom is -0.343 e. The van der Waals surface area contributed by atoms with E-state index in [1.54, 1.807) is 6.92 Å². The Labute approximate surface area is 302 Å². The molecule has 2 saturated heterocycles. The van der Waals surface area contributed by atoms with Crippen molar-refractivity contribution in [3.8, 4) is 0 Å². The summed E-state index contributed by atoms with van der Waals surface area (Å²) in [6.07, 6.45) is 4.26. The highest BCUT2D eigenvalue weighted by Gasteiger charge is 2.46. The van der Waals surface area contributed by atoms with Gasteiger partial charge in [0.15, 0.2) is 0 Å². The number of nitrogens with one attached hydrogen (secondary N) is 3. The van der Waals surface area contributed by atoms with Gasteiger partial charge < -0.3 is 37.2 Å². The van der Waals surface area contributed by atoms with Gasteiger partial charge in [-0.05, 0) is 68.5 Å². The zero-order chi connectivity index (χ0) is 37.0. The molecule has 0 bridgehead atoms. The lowest BCUT2D eigenvalue weighted by molar-refractivity contribution is -0.137. The molecule has 0 radical (unpaired) electrons. The summed E-state index contributed by atoms with van der Waals surface area (Å²) in [7, 11) is 0. The van der Waals surface area contributed by atoms with Crippen LogP contribution in [-0.4, -0.2) is 96.2 Å². The summed E-state index contributed by atoms with van der Waals surface area (Å²) >= 11 is 0. The Bertz CT molecular complexity index is 1470. The summed E-state index contributed by atoms with van der Waals surface area (Å²) in [5.41, 5.74) is 13.7. The molecule has 12 heteroatoms. The van der Waals surface area contributed by atoms with Crippen molar-refractivity contribution in [3.63, 3.8) is 0 Å². The first-order chi connectivity index (χ1) is 24.4. The summed E-state index contributed by atoms with van der Waals surface area (Å²) in [4.78, 5) is 70.9. The topological polar surface area (TPSA) is 180 Å². The largest absolute Gasteiger partial charge is 0.343 e. The summed E-state index contributed by atoms with van der Waals surface area (Å²) in [6, 6.07) is 15.2. The van der Waals surface area contributed by atoms with Gasteiger partial charge in [0.1, 0.15) is 18.1 Å². The van der Waals surface area contributed by atoms with Crippen molar-refractivity contribution in [2.75, 3.05) is 32.7 Å². The molecule has 5 amide bonds. The molecule has 2 aromatic rings. The van der Waals surface area contributed by atoms with Crippen molar-refractivity contribution in [1.82, 2.24) is 25.8 Å². The predicted octanol–water partition coefficient (Wildman–Crippen LogP) is 1.90. The van der Waals surface area contributed by atoms with Gasteiger partial charge in [0, 0.05) is 44.9 Å². The Morgan fingerprint density at radius 1 is 0.725 bits per heavy atom. The molecule has 2 aliphatic rings. The Kier molecular flexibility index (Phi) is 14.6. The van der Waals surface area contributed by atoms with Crippen LogP contribution in [0.1, 0.15) is 70.4 Å². The fourth-order valence-electron chi connectivity index (χ4n) is 7.18. The lowest BCUT2D eigenvalue weighted by Crippen LogP contribution is -2.58. The van der Waals surface area contributed by atoms with Gasteiger partial charge in [-0.15, -0.1) is 0 Å². The molecule has 2 fully saturated rings. The van der Waals surface area contributed by atoms with Gasteiger partial charge in [0.25, 0.3) is 0 Å². The van der Waals surface area contributed by atoms with Gasteiger partial charge in [0.05, 0.1) is 6.04 Å². The van der Waals surface area contributed by atoms with Crippen molar-refractivity contribution >= 4 is 29.5 Å². The normalized spacial score (nSPS) is 19.4. The highest BCUT2D eigenvalue weighted by Crippen LogP contribution is 2.39. The number of nitrogens with two attached hydrogens (primary N) is 2. The van der Waals surface area contributed by atoms with E-state index in [1.165, 1.54) is 0 Å². The third kappa shape index (κ3) is 11.6. The van der Waals surface area contributed by atoms with E-state index < -0.39 is 41.9 Å². The van der Waals surface area contributed by atoms with E-state index >= 15 is 0 Å². The van der Waals surface area contributed by atoms with E-state index in [9.17, 15) is 24.0 Å². The smallest absolute Gasteiger partial charge is 0.245 e. The van der Waals surface area contributed by atoms with E-state index in [-0.39, 0.29) is 29.6 Å². The van der Waals surface area contributed by atoms with E-state index in [2.05, 4.69) is 16.0 Å². The molecule has 5 unspecified atom stereocenters. The molecule has 0 aromatic heterocycles. The van der Waals surface area contributed by atoms with Crippen molar-refractivity contribution < 1.29 is 24.0 Å². The van der Waals surface area contributed by atoms with Gasteiger partial charge >= 0.3 is 0 Å². The molecule has 278 valence electrons. The number of carbonyl (C=O) groups excluding carboxylic acids is 5. The van der Waals surface area contributed by atoms with Gasteiger partial charge in [-0.3, -0.25) is 24.0 Å². The van der Waals surface area contributed by atoms with Gasteiger partial charge in [0.2, 0.25) is 29.5 Å². The first kappa shape index (κ1) is 39.5. The molecule has 2 aliphatic heterocycles. The molecular weight excluding hydrogens is 646 g/mol. The van der Waals surface area contributed by atoms with Crippen LogP contribution in [-0.2, 0) is 36.8 Å². The van der Waals surface area contributed by atoms with Crippen LogP contribution in [0.4, 0.5) is 0 Å². The van der Waals surface area contributed by atoms with Crippen molar-refractivity contribution in [3.05, 3.63) is 71.8 Å². The molecule has 7 N–H and O–H groups in total. The second kappa shape index (κ2) is 18.8. The fourth-order valence-corrected chi connectivity index (χ4v) is 7.18. The minimum absolute atomic E-state index is 0.0407. The molecule has 0 saturated carbocycles. The highest BCUT2D eigenvalue weighted by atomic mass is 16.2. The maximum atomic E-state index is 14.0. The lowest BCUT2D eigenvalue weighted by atomic mass is 9.86. The second-order valence-electron chi connectivity index (χ2n) is 14.8. The Morgan fingerprint density at radius 2 is 1.25 bits per heavy atom. The van der Waals surface area contributed by atoms with Crippen LogP contribution in [0.5, 0.6) is 0 Å². The molecule has 12 nitrogen and oxygen atoms in total. The van der Waals surface area contributed by atoms with Crippen LogP contribution in [0.3, 0.4) is 0 Å². The summed E-state index contributed by atoms with van der Waals surface area (Å²) in [5.74, 6) is -1.51. The van der Waals surface area contributed by atoms with E-state index in [0.717, 1.165) is 24.0 Å². The van der Waals surface area contributed by atoms with Gasteiger partial charge in [-0.2, -0.15) is 0 Å². The van der Waals surface area contributed by atoms with E-state index in [0.29, 0.717) is 64.8 Å². The summed E-state index contributed by atoms with van der Waals surface area (Å²) < 4.78 is 0. The Morgan fingerprint density at radius 3 is 1.82 bits per heavy atom. The van der Waals surface area contributed by atoms with Crippen molar-refractivity contribution in [2.45, 2.75) is 96.3 Å². The molecule has 2 aromatic carbocycles. The first-order valence-corrected chi connectivity index (χ1v) is 18.4. The Hall–Kier alpha value is -4.29. The van der Waals surface area contributed by atoms with Crippen LogP contribution in [0, 0.1) is 11.3 Å². The standard InChI is InChI=1S/C39H57N7O5/c1-27(2)22-33(36(49)42-32(16-10-11-19-40)38(51)46-21-18-39(26-46)17-20-45(25-39)28(3)47)44-37(50)34(24-30-14-8-5-9-15-30)43-35(48)31(41)23-29-12-6-4-7-13-29/h4-9,12-15,27,31-34H,10-11,16-26,40-41H2,1-3H3,(H,42,49)(H,43,48)(H,44,50). The fraction of sp³-hybridized carbons (Fsp3) is 0.564. The quantitative estimate of drug-likeness (QED) is 0.156. The number of nitrogens with zero attached hydrogens (tertiary/aromatic N) is 2. The zero-order valence-corrected chi connectivity index (χ0v) is 30.4. The lowest BCUT2D eigenvalue weighted by Gasteiger charge is -2.29. The molecule has 0 aliphatic carbocycles. The molecule has 5 atom stereocenters. The average molecular weight is 704 g/mol. The van der Waals surface area contributed by atoms with Crippen LogP contribution < -0.4 is 27.4 Å². The monoisotopic (exact) mass is 703 g/mol. The molecular formula is C39H57N7O5. The zero-order valence-electron chi connectivity index (χ0n) is 30.4. The molecule has 51 heavy (non-hydrogen) atoms. The minimum atomic E-state index is -0.993. The SMILES string of the molecule is CC(=O)N1CCC2(CCN(C(=O)C(CCCCN)NC(=O)C(CC(C)C)NC(=O)C(Cc3ccccc3)NC(=O)C(N)Cc3ccccc3)C2)C1. The van der Waals surface area contributed by atoms with Crippen LogP contribution in [0.2, 0.25) is 0 Å². The predicted molar refractivity (Wildman–Crippen MR) is 197 cm³/mol. The molecule has 1 spiro atoms. The van der Waals surface area contributed by atoms with Crippen LogP contribution >= 0.6 is 0 Å². The summed E-state index contributed by atoms with van der Waals surface area (Å²) in [5, 5.41) is 8.74. The maximum absolute atomic E-state index is 14.0. The van der Waals surface area contributed by atoms with Crippen LogP contribution in [0.25, 0.3) is 0 Å². The number of carbonyl (C=O) groups is 5. The number of hydrogen-bond donors (Lipinski definition) is 5. The average Bonchev–Trinajstić information content (AvgIpc) is 3.74. The van der Waals surface area contributed by atoms with Crippen molar-refractivity contribution in [1.29, 1.82) is 0 Å². The molecule has 4 rings (SSSR count). The number of benzene rings is 2. The number of unbranched alkanes of at least 4 members (excludes halogenated alkanes) is 1. The third-order valence-corrected chi connectivity index (χ3v) is 10.1. The van der Waals surface area contributed by atoms with Crippen molar-refractivity contribution in [2.24, 2.45) is 22.8 Å². The van der Waals surface area contributed by atoms with E-state index in [1.807, 2.05) is 84.3 Å². The van der Waals surface area contributed by atoms with E-state index in [4.69, 9.17) is 11.5 Å². The maximum Gasteiger partial charge on any atom is 0.245 e. The van der Waals surface area contributed by atoms with Gasteiger partial charge in [-0.1, -0.05) is 74.5 Å².